The predicted molar refractivity (Wildman–Crippen MR) is 75.1 cm³/mol. The van der Waals surface area contributed by atoms with E-state index < -0.39 is 5.82 Å². The average molecular weight is 326 g/mol. The maximum Gasteiger partial charge on any atom is 0.165 e. The molecule has 19 heavy (non-hydrogen) atoms. The zero-order valence-electron chi connectivity index (χ0n) is 10.3. The van der Waals surface area contributed by atoms with Crippen LogP contribution in [-0.2, 0) is 6.54 Å². The molecule has 5 heteroatoms. The van der Waals surface area contributed by atoms with Crippen LogP contribution < -0.4 is 15.2 Å². The molecule has 0 aromatic heterocycles. The molecule has 0 saturated heterocycles. The van der Waals surface area contributed by atoms with Crippen molar-refractivity contribution in [1.82, 2.24) is 0 Å². The minimum Gasteiger partial charge on any atom is -0.497 e. The van der Waals surface area contributed by atoms with E-state index in [1.165, 1.54) is 6.07 Å². The minimum absolute atomic E-state index is 0.136. The van der Waals surface area contributed by atoms with Crippen molar-refractivity contribution in [1.29, 1.82) is 0 Å². The van der Waals surface area contributed by atoms with Gasteiger partial charge in [0.25, 0.3) is 0 Å². The van der Waals surface area contributed by atoms with Gasteiger partial charge in [0.15, 0.2) is 11.6 Å². The normalized spacial score (nSPS) is 10.3. The van der Waals surface area contributed by atoms with Crippen molar-refractivity contribution in [3.63, 3.8) is 0 Å². The van der Waals surface area contributed by atoms with Crippen molar-refractivity contribution in [3.8, 4) is 17.2 Å². The highest BCUT2D eigenvalue weighted by Gasteiger charge is 2.10. The molecule has 2 rings (SSSR count). The summed E-state index contributed by atoms with van der Waals surface area (Å²) in [6.45, 7) is 0.301. The number of methoxy groups -OCH3 is 1. The van der Waals surface area contributed by atoms with Crippen molar-refractivity contribution in [2.45, 2.75) is 6.54 Å². The quantitative estimate of drug-likeness (QED) is 0.928. The van der Waals surface area contributed by atoms with Gasteiger partial charge in [0.2, 0.25) is 0 Å². The summed E-state index contributed by atoms with van der Waals surface area (Å²) in [5.74, 6) is 0.813. The first kappa shape index (κ1) is 13.8. The zero-order valence-corrected chi connectivity index (χ0v) is 11.9. The third kappa shape index (κ3) is 3.24. The summed E-state index contributed by atoms with van der Waals surface area (Å²) in [5.41, 5.74) is 6.42. The summed E-state index contributed by atoms with van der Waals surface area (Å²) in [5, 5.41) is 0. The summed E-state index contributed by atoms with van der Waals surface area (Å²) in [4.78, 5) is 0. The van der Waals surface area contributed by atoms with Crippen molar-refractivity contribution in [2.75, 3.05) is 7.11 Å². The van der Waals surface area contributed by atoms with Gasteiger partial charge in [0.1, 0.15) is 11.5 Å². The summed E-state index contributed by atoms with van der Waals surface area (Å²) in [6, 6.07) is 9.77. The Balaban J connectivity index is 2.38. The number of ether oxygens (including phenoxy) is 2. The molecule has 0 unspecified atom stereocenters. The first-order valence-electron chi connectivity index (χ1n) is 5.64. The molecule has 0 saturated carbocycles. The summed E-state index contributed by atoms with van der Waals surface area (Å²) < 4.78 is 25.1. The Morgan fingerprint density at radius 2 is 1.95 bits per heavy atom. The van der Waals surface area contributed by atoms with Gasteiger partial charge >= 0.3 is 0 Å². The number of hydrogen-bond acceptors (Lipinski definition) is 3. The van der Waals surface area contributed by atoms with Crippen LogP contribution in [0.5, 0.6) is 17.2 Å². The van der Waals surface area contributed by atoms with E-state index in [4.69, 9.17) is 15.2 Å². The summed E-state index contributed by atoms with van der Waals surface area (Å²) in [7, 11) is 1.56. The zero-order chi connectivity index (χ0) is 13.8. The van der Waals surface area contributed by atoms with Crippen LogP contribution in [-0.4, -0.2) is 7.11 Å². The highest BCUT2D eigenvalue weighted by atomic mass is 79.9. The molecule has 0 spiro atoms. The molecule has 3 nitrogen and oxygen atoms in total. The second-order valence-corrected chi connectivity index (χ2v) is 4.77. The van der Waals surface area contributed by atoms with Gasteiger partial charge in [-0.25, -0.2) is 4.39 Å². The maximum absolute atomic E-state index is 13.7. The van der Waals surface area contributed by atoms with Gasteiger partial charge in [0, 0.05) is 22.6 Å². The van der Waals surface area contributed by atoms with E-state index >= 15 is 0 Å². The number of rotatable bonds is 4. The van der Waals surface area contributed by atoms with Crippen LogP contribution in [0.1, 0.15) is 5.56 Å². The molecule has 2 aromatic carbocycles. The second kappa shape index (κ2) is 6.04. The lowest BCUT2D eigenvalue weighted by atomic mass is 10.2. The Bertz CT molecular complexity index is 590. The van der Waals surface area contributed by atoms with E-state index in [1.54, 1.807) is 37.4 Å². The Labute approximate surface area is 119 Å². The molecule has 0 atom stereocenters. The first-order valence-corrected chi connectivity index (χ1v) is 6.43. The average Bonchev–Trinajstić information content (AvgIpc) is 2.42. The van der Waals surface area contributed by atoms with Gasteiger partial charge < -0.3 is 15.2 Å². The number of hydrogen-bond donors (Lipinski definition) is 1. The standard InChI is InChI=1S/C14H13BrFNO2/c1-18-11-4-2-9(8-17)13(7-11)19-14-6-10(15)3-5-12(14)16/h2-7H,8,17H2,1H3. The third-order valence-corrected chi connectivity index (χ3v) is 3.10. The van der Waals surface area contributed by atoms with Crippen LogP contribution in [0.3, 0.4) is 0 Å². The monoisotopic (exact) mass is 325 g/mol. The number of halogens is 2. The van der Waals surface area contributed by atoms with Crippen molar-refractivity contribution in [3.05, 3.63) is 52.3 Å². The molecular formula is C14H13BrFNO2. The van der Waals surface area contributed by atoms with Crippen LogP contribution in [0.25, 0.3) is 0 Å². The molecule has 0 aliphatic rings. The van der Waals surface area contributed by atoms with E-state index in [-0.39, 0.29) is 5.75 Å². The number of nitrogens with two attached hydrogens (primary N) is 1. The second-order valence-electron chi connectivity index (χ2n) is 3.85. The lowest BCUT2D eigenvalue weighted by Gasteiger charge is -2.12. The Morgan fingerprint density at radius 3 is 2.63 bits per heavy atom. The lowest BCUT2D eigenvalue weighted by Crippen LogP contribution is -2.00. The van der Waals surface area contributed by atoms with Crippen LogP contribution in [0, 0.1) is 5.82 Å². The SMILES string of the molecule is COc1ccc(CN)c(Oc2cc(Br)ccc2F)c1. The summed E-state index contributed by atoms with van der Waals surface area (Å²) >= 11 is 3.28. The van der Waals surface area contributed by atoms with Gasteiger partial charge in [-0.05, 0) is 24.3 Å². The molecule has 0 heterocycles. The fourth-order valence-corrected chi connectivity index (χ4v) is 1.94. The molecule has 0 bridgehead atoms. The van der Waals surface area contributed by atoms with Crippen molar-refractivity contribution >= 4 is 15.9 Å². The first-order chi connectivity index (χ1) is 9.13. The summed E-state index contributed by atoms with van der Waals surface area (Å²) in [6.07, 6.45) is 0. The maximum atomic E-state index is 13.7. The Morgan fingerprint density at radius 1 is 1.16 bits per heavy atom. The minimum atomic E-state index is -0.436. The highest BCUT2D eigenvalue weighted by molar-refractivity contribution is 9.10. The molecule has 0 radical (unpaired) electrons. The molecule has 100 valence electrons. The molecule has 2 aromatic rings. The van der Waals surface area contributed by atoms with Gasteiger partial charge in [-0.3, -0.25) is 0 Å². The fraction of sp³-hybridized carbons (Fsp3) is 0.143. The highest BCUT2D eigenvalue weighted by Crippen LogP contribution is 2.32. The van der Waals surface area contributed by atoms with Crippen LogP contribution >= 0.6 is 15.9 Å². The third-order valence-electron chi connectivity index (χ3n) is 2.61. The molecule has 0 amide bonds. The van der Waals surface area contributed by atoms with E-state index in [0.29, 0.717) is 18.0 Å². The van der Waals surface area contributed by atoms with E-state index in [1.807, 2.05) is 0 Å². The fourth-order valence-electron chi connectivity index (χ4n) is 1.60. The smallest absolute Gasteiger partial charge is 0.165 e. The van der Waals surface area contributed by atoms with E-state index in [2.05, 4.69) is 15.9 Å². The largest absolute Gasteiger partial charge is 0.497 e. The van der Waals surface area contributed by atoms with Gasteiger partial charge in [-0.1, -0.05) is 22.0 Å². The lowest BCUT2D eigenvalue weighted by molar-refractivity contribution is 0.403. The number of benzene rings is 2. The molecule has 2 N–H and O–H groups in total. The van der Waals surface area contributed by atoms with Crippen LogP contribution in [0.2, 0.25) is 0 Å². The van der Waals surface area contributed by atoms with Gasteiger partial charge in [-0.15, -0.1) is 0 Å². The topological polar surface area (TPSA) is 44.5 Å². The van der Waals surface area contributed by atoms with Gasteiger partial charge in [0.05, 0.1) is 7.11 Å². The molecule has 0 aliphatic heterocycles. The van der Waals surface area contributed by atoms with E-state index in [9.17, 15) is 4.39 Å². The van der Waals surface area contributed by atoms with E-state index in [0.717, 1.165) is 10.0 Å². The van der Waals surface area contributed by atoms with Crippen LogP contribution in [0.15, 0.2) is 40.9 Å². The van der Waals surface area contributed by atoms with Gasteiger partial charge in [-0.2, -0.15) is 0 Å². The van der Waals surface area contributed by atoms with Crippen LogP contribution in [0.4, 0.5) is 4.39 Å². The Kier molecular flexibility index (Phi) is 4.39. The Hall–Kier alpha value is -1.59. The van der Waals surface area contributed by atoms with Crippen molar-refractivity contribution < 1.29 is 13.9 Å². The predicted octanol–water partition coefficient (Wildman–Crippen LogP) is 3.85. The molecule has 0 fully saturated rings. The molecular weight excluding hydrogens is 313 g/mol. The molecule has 0 aliphatic carbocycles. The van der Waals surface area contributed by atoms with Crippen molar-refractivity contribution in [2.24, 2.45) is 5.73 Å².